The van der Waals surface area contributed by atoms with Crippen LogP contribution in [-0.4, -0.2) is 65.9 Å². The number of nitrogens with zero attached hydrogens (tertiary/aromatic N) is 2. The van der Waals surface area contributed by atoms with E-state index < -0.39 is 11.5 Å². The summed E-state index contributed by atoms with van der Waals surface area (Å²) in [6.45, 7) is 3.02. The van der Waals surface area contributed by atoms with Crippen LogP contribution in [0.1, 0.15) is 12.6 Å². The van der Waals surface area contributed by atoms with E-state index in [1.807, 2.05) is 0 Å². The van der Waals surface area contributed by atoms with E-state index in [0.29, 0.717) is 24.9 Å². The molecule has 8 nitrogen and oxygen atoms in total. The lowest BCUT2D eigenvalue weighted by Gasteiger charge is -2.19. The van der Waals surface area contributed by atoms with Crippen LogP contribution in [0.25, 0.3) is 0 Å². The van der Waals surface area contributed by atoms with Gasteiger partial charge in [0.15, 0.2) is 11.5 Å². The van der Waals surface area contributed by atoms with Crippen LogP contribution in [0.3, 0.4) is 0 Å². The summed E-state index contributed by atoms with van der Waals surface area (Å²) >= 11 is 1.20. The van der Waals surface area contributed by atoms with Crippen LogP contribution < -0.4 is 9.84 Å². The predicted octanol–water partition coefficient (Wildman–Crippen LogP) is -0.169. The molecule has 1 aromatic rings. The number of ether oxygens (including phenoxy) is 3. The molecule has 0 amide bonds. The molecular weight excluding hydrogens is 336 g/mol. The van der Waals surface area contributed by atoms with Crippen molar-refractivity contribution in [1.29, 1.82) is 0 Å². The number of pyridine rings is 1. The Labute approximate surface area is 143 Å². The maximum absolute atomic E-state index is 11.1. The molecule has 24 heavy (non-hydrogen) atoms. The minimum atomic E-state index is -1.32. The number of aliphatic carboxylic acids is 1. The standard InChI is InChI=1S/C15H20N2O6S/c1-15(14(19)20)9-24-13(17-15)11-12(18)10(3-4-16-11)23-8-7-22-6-5-21-2/h3-4,18H,5-9H2,1-2H3,(H,19,20)/p-1/t15-/m1/s1. The zero-order chi connectivity index (χ0) is 17.6. The van der Waals surface area contributed by atoms with Crippen molar-refractivity contribution < 1.29 is 29.2 Å². The summed E-state index contributed by atoms with van der Waals surface area (Å²) in [6, 6.07) is 1.52. The molecule has 0 unspecified atom stereocenters. The molecule has 132 valence electrons. The fraction of sp³-hybridized carbons (Fsp3) is 0.533. The molecule has 2 rings (SSSR count). The number of carbonyl (C=O) groups is 1. The van der Waals surface area contributed by atoms with E-state index in [2.05, 4.69) is 9.98 Å². The Balaban J connectivity index is 2.02. The van der Waals surface area contributed by atoms with Crippen molar-refractivity contribution in [1.82, 2.24) is 4.98 Å². The Morgan fingerprint density at radius 2 is 2.17 bits per heavy atom. The lowest BCUT2D eigenvalue weighted by Crippen LogP contribution is -2.45. The highest BCUT2D eigenvalue weighted by atomic mass is 32.2. The first-order chi connectivity index (χ1) is 11.5. The number of methoxy groups -OCH3 is 1. The summed E-state index contributed by atoms with van der Waals surface area (Å²) in [5.41, 5.74) is -1.12. The second-order valence-electron chi connectivity index (χ2n) is 5.23. The first-order valence-electron chi connectivity index (χ1n) is 7.30. The van der Waals surface area contributed by atoms with Crippen LogP contribution in [0.15, 0.2) is 17.3 Å². The van der Waals surface area contributed by atoms with Crippen molar-refractivity contribution in [2.75, 3.05) is 39.3 Å². The van der Waals surface area contributed by atoms with Crippen molar-refractivity contribution in [3.8, 4) is 11.5 Å². The van der Waals surface area contributed by atoms with Gasteiger partial charge < -0.3 is 29.2 Å². The lowest BCUT2D eigenvalue weighted by molar-refractivity contribution is -0.311. The molecule has 1 aliphatic heterocycles. The number of carboxylic acids is 1. The topological polar surface area (TPSA) is 113 Å². The number of hydrogen-bond acceptors (Lipinski definition) is 9. The Morgan fingerprint density at radius 1 is 1.42 bits per heavy atom. The Bertz CT molecular complexity index is 624. The van der Waals surface area contributed by atoms with Gasteiger partial charge in [0.1, 0.15) is 22.9 Å². The molecule has 9 heteroatoms. The summed E-state index contributed by atoms with van der Waals surface area (Å²) < 4.78 is 15.6. The molecule has 0 aromatic carbocycles. The van der Waals surface area contributed by atoms with E-state index in [4.69, 9.17) is 14.2 Å². The zero-order valence-electron chi connectivity index (χ0n) is 13.5. The average Bonchev–Trinajstić information content (AvgIpc) is 2.96. The van der Waals surface area contributed by atoms with E-state index in [9.17, 15) is 15.0 Å². The average molecular weight is 355 g/mol. The van der Waals surface area contributed by atoms with Gasteiger partial charge >= 0.3 is 0 Å². The molecule has 0 saturated heterocycles. The molecule has 0 bridgehead atoms. The van der Waals surface area contributed by atoms with Crippen molar-refractivity contribution in [3.05, 3.63) is 18.0 Å². The number of aliphatic imine (C=N–C) groups is 1. The molecule has 2 heterocycles. The highest BCUT2D eigenvalue weighted by Crippen LogP contribution is 2.36. The van der Waals surface area contributed by atoms with Gasteiger partial charge in [-0.3, -0.25) is 4.99 Å². The highest BCUT2D eigenvalue weighted by Gasteiger charge is 2.34. The minimum absolute atomic E-state index is 0.178. The first kappa shape index (κ1) is 18.5. The van der Waals surface area contributed by atoms with Crippen LogP contribution in [0.5, 0.6) is 11.5 Å². The van der Waals surface area contributed by atoms with Gasteiger partial charge in [0, 0.05) is 25.1 Å². The van der Waals surface area contributed by atoms with E-state index in [-0.39, 0.29) is 29.6 Å². The van der Waals surface area contributed by atoms with Gasteiger partial charge in [0.25, 0.3) is 0 Å². The normalized spacial score (nSPS) is 20.0. The predicted molar refractivity (Wildman–Crippen MR) is 86.5 cm³/mol. The SMILES string of the molecule is COCCOCCOc1ccnc(C2=N[C@@](C)(C(=O)[O-])CS2)c1O. The van der Waals surface area contributed by atoms with Crippen LogP contribution >= 0.6 is 11.8 Å². The van der Waals surface area contributed by atoms with Gasteiger partial charge in [-0.05, 0) is 6.92 Å². The Hall–Kier alpha value is -1.84. The fourth-order valence-corrected chi connectivity index (χ4v) is 3.04. The number of aromatic nitrogens is 1. The monoisotopic (exact) mass is 355 g/mol. The molecule has 0 spiro atoms. The van der Waals surface area contributed by atoms with Crippen LogP contribution in [0.4, 0.5) is 0 Å². The van der Waals surface area contributed by atoms with Crippen molar-refractivity contribution >= 4 is 22.8 Å². The number of carboxylic acid groups (broad SMARTS) is 1. The highest BCUT2D eigenvalue weighted by molar-refractivity contribution is 8.14. The third-order valence-corrected chi connectivity index (χ3v) is 4.55. The van der Waals surface area contributed by atoms with Gasteiger partial charge in [0.05, 0.1) is 25.8 Å². The van der Waals surface area contributed by atoms with E-state index >= 15 is 0 Å². The summed E-state index contributed by atoms with van der Waals surface area (Å²) in [7, 11) is 1.59. The molecule has 1 aromatic heterocycles. The molecule has 1 N–H and O–H groups in total. The largest absolute Gasteiger partial charge is 0.547 e. The second kappa shape index (κ2) is 8.32. The lowest BCUT2D eigenvalue weighted by atomic mass is 10.1. The first-order valence-corrected chi connectivity index (χ1v) is 8.28. The van der Waals surface area contributed by atoms with Crippen molar-refractivity contribution in [2.45, 2.75) is 12.5 Å². The quantitative estimate of drug-likeness (QED) is 0.608. The van der Waals surface area contributed by atoms with Crippen molar-refractivity contribution in [2.24, 2.45) is 4.99 Å². The van der Waals surface area contributed by atoms with Crippen LogP contribution in [-0.2, 0) is 14.3 Å². The summed E-state index contributed by atoms with van der Waals surface area (Å²) in [5.74, 6) is -0.974. The summed E-state index contributed by atoms with van der Waals surface area (Å²) in [4.78, 5) is 19.3. The summed E-state index contributed by atoms with van der Waals surface area (Å²) in [5, 5.41) is 21.8. The summed E-state index contributed by atoms with van der Waals surface area (Å²) in [6.07, 6.45) is 1.47. The zero-order valence-corrected chi connectivity index (χ0v) is 14.3. The molecule has 0 fully saturated rings. The smallest absolute Gasteiger partial charge is 0.186 e. The maximum atomic E-state index is 11.1. The Kier molecular flexibility index (Phi) is 6.41. The third kappa shape index (κ3) is 4.37. The third-order valence-electron chi connectivity index (χ3n) is 3.28. The second-order valence-corrected chi connectivity index (χ2v) is 6.19. The van der Waals surface area contributed by atoms with Crippen molar-refractivity contribution in [3.63, 3.8) is 0 Å². The van der Waals surface area contributed by atoms with Gasteiger partial charge in [0.2, 0.25) is 0 Å². The number of carbonyl (C=O) groups excluding carboxylic acids is 1. The van der Waals surface area contributed by atoms with E-state index in [1.165, 1.54) is 30.9 Å². The number of rotatable bonds is 9. The molecule has 1 atom stereocenters. The van der Waals surface area contributed by atoms with Gasteiger partial charge in [-0.25, -0.2) is 4.98 Å². The molecule has 0 aliphatic carbocycles. The van der Waals surface area contributed by atoms with Gasteiger partial charge in [-0.15, -0.1) is 11.8 Å². The van der Waals surface area contributed by atoms with Gasteiger partial charge in [-0.2, -0.15) is 0 Å². The molecule has 0 saturated carbocycles. The number of hydrogen-bond donors (Lipinski definition) is 1. The molecule has 0 radical (unpaired) electrons. The van der Waals surface area contributed by atoms with Crippen LogP contribution in [0, 0.1) is 0 Å². The number of aromatic hydroxyl groups is 1. The minimum Gasteiger partial charge on any atom is -0.547 e. The molecular formula is C15H19N2O6S-. The van der Waals surface area contributed by atoms with E-state index in [0.717, 1.165) is 0 Å². The van der Waals surface area contributed by atoms with Gasteiger partial charge in [-0.1, -0.05) is 0 Å². The Morgan fingerprint density at radius 3 is 2.83 bits per heavy atom. The molecule has 1 aliphatic rings. The maximum Gasteiger partial charge on any atom is 0.186 e. The number of thioether (sulfide) groups is 1. The van der Waals surface area contributed by atoms with E-state index in [1.54, 1.807) is 7.11 Å². The fourth-order valence-electron chi connectivity index (χ4n) is 1.89. The van der Waals surface area contributed by atoms with Crippen LogP contribution in [0.2, 0.25) is 0 Å².